The first-order valence-electron chi connectivity index (χ1n) is 12.2. The van der Waals surface area contributed by atoms with Crippen molar-refractivity contribution in [2.24, 2.45) is 5.41 Å². The lowest BCUT2D eigenvalue weighted by Gasteiger charge is -2.37. The molecule has 8 heteroatoms. The van der Waals surface area contributed by atoms with E-state index in [0.29, 0.717) is 26.2 Å². The van der Waals surface area contributed by atoms with Gasteiger partial charge in [0.15, 0.2) is 0 Å². The highest BCUT2D eigenvalue weighted by molar-refractivity contribution is 5.89. The highest BCUT2D eigenvalue weighted by Gasteiger charge is 2.40. The molecular weight excluding hydrogens is 430 g/mol. The van der Waals surface area contributed by atoms with E-state index in [1.165, 1.54) is 5.56 Å². The van der Waals surface area contributed by atoms with E-state index in [1.54, 1.807) is 7.05 Å². The summed E-state index contributed by atoms with van der Waals surface area (Å²) in [5, 5.41) is 5.76. The van der Waals surface area contributed by atoms with Gasteiger partial charge in [-0.1, -0.05) is 51.1 Å². The van der Waals surface area contributed by atoms with Gasteiger partial charge in [0.25, 0.3) is 0 Å². The van der Waals surface area contributed by atoms with Crippen molar-refractivity contribution < 1.29 is 17.2 Å². The van der Waals surface area contributed by atoms with Crippen molar-refractivity contribution in [3.63, 3.8) is 0 Å². The highest BCUT2D eigenvalue weighted by atomic mass is 16.2. The summed E-state index contributed by atoms with van der Waals surface area (Å²) in [5.74, 6) is -0.199. The predicted molar refractivity (Wildman–Crippen MR) is 140 cm³/mol. The molecule has 1 saturated heterocycles. The van der Waals surface area contributed by atoms with E-state index in [1.807, 2.05) is 67.8 Å². The predicted octanol–water partition coefficient (Wildman–Crippen LogP) is 1.85. The average molecular weight is 478 g/mol. The summed E-state index contributed by atoms with van der Waals surface area (Å²) in [6.07, 6.45) is 2.52. The maximum atomic E-state index is 13.6. The fraction of sp³-hybridized carbons (Fsp3) is 0.654. The molecule has 34 heavy (non-hydrogen) atoms. The van der Waals surface area contributed by atoms with Crippen LogP contribution in [0.3, 0.4) is 0 Å². The lowest BCUT2D eigenvalue weighted by atomic mass is 9.85. The summed E-state index contributed by atoms with van der Waals surface area (Å²) in [6.45, 7) is 8.15. The standard InChI is InChI=1S/C26H43N5O3.2H2/c1-26(2,3)24(28-22(32)17-27-4)25(34)31-15-10-13-21(31)18-30(23(33)19-29(5)6)16-14-20-11-8-7-9-12-20;;/h7-9,11-12,21,24,27H,10,13-19H2,1-6H3,(H,28,32);2*1H/t21-,24+;;/m0../s1. The van der Waals surface area contributed by atoms with Crippen LogP contribution in [-0.4, -0.2) is 98.4 Å². The van der Waals surface area contributed by atoms with E-state index in [0.717, 1.165) is 19.3 Å². The van der Waals surface area contributed by atoms with Gasteiger partial charge in [-0.15, -0.1) is 0 Å². The molecule has 0 aliphatic carbocycles. The van der Waals surface area contributed by atoms with Crippen molar-refractivity contribution >= 4 is 17.7 Å². The van der Waals surface area contributed by atoms with Gasteiger partial charge < -0.3 is 25.3 Å². The Morgan fingerprint density at radius 1 is 1.18 bits per heavy atom. The highest BCUT2D eigenvalue weighted by Crippen LogP contribution is 2.26. The lowest BCUT2D eigenvalue weighted by molar-refractivity contribution is -0.141. The van der Waals surface area contributed by atoms with Gasteiger partial charge in [0.05, 0.1) is 13.1 Å². The van der Waals surface area contributed by atoms with Gasteiger partial charge in [0.1, 0.15) is 6.04 Å². The molecule has 8 nitrogen and oxygen atoms in total. The average Bonchev–Trinajstić information content (AvgIpc) is 3.22. The van der Waals surface area contributed by atoms with Crippen LogP contribution in [-0.2, 0) is 20.8 Å². The van der Waals surface area contributed by atoms with Gasteiger partial charge >= 0.3 is 0 Å². The summed E-state index contributed by atoms with van der Waals surface area (Å²) in [7, 11) is 5.49. The number of likely N-dealkylation sites (N-methyl/N-ethyl adjacent to an activating group) is 2. The second-order valence-corrected chi connectivity index (χ2v) is 10.5. The third kappa shape index (κ3) is 8.40. The summed E-state index contributed by atoms with van der Waals surface area (Å²) in [4.78, 5) is 44.6. The number of amides is 3. The fourth-order valence-electron chi connectivity index (χ4n) is 4.35. The van der Waals surface area contributed by atoms with Crippen LogP contribution in [0, 0.1) is 5.41 Å². The van der Waals surface area contributed by atoms with Crippen molar-refractivity contribution in [1.82, 2.24) is 25.3 Å². The minimum atomic E-state index is -0.621. The quantitative estimate of drug-likeness (QED) is 0.508. The number of nitrogens with one attached hydrogen (secondary N) is 2. The van der Waals surface area contributed by atoms with Crippen molar-refractivity contribution in [2.45, 2.75) is 52.1 Å². The Bertz CT molecular complexity index is 818. The molecule has 0 spiro atoms. The zero-order valence-corrected chi connectivity index (χ0v) is 21.8. The Morgan fingerprint density at radius 2 is 1.85 bits per heavy atom. The molecule has 0 unspecified atom stereocenters. The van der Waals surface area contributed by atoms with Crippen LogP contribution in [0.5, 0.6) is 0 Å². The van der Waals surface area contributed by atoms with Crippen LogP contribution < -0.4 is 10.6 Å². The molecule has 0 aromatic heterocycles. The molecule has 2 rings (SSSR count). The number of carbonyl (C=O) groups is 3. The van der Waals surface area contributed by atoms with E-state index in [9.17, 15) is 14.4 Å². The van der Waals surface area contributed by atoms with Crippen LogP contribution in [0.1, 0.15) is 42.0 Å². The summed E-state index contributed by atoms with van der Waals surface area (Å²) in [6, 6.07) is 9.47. The Kier molecular flexibility index (Phi) is 10.5. The second-order valence-electron chi connectivity index (χ2n) is 10.5. The molecule has 2 atom stereocenters. The van der Waals surface area contributed by atoms with E-state index in [2.05, 4.69) is 22.8 Å². The Hall–Kier alpha value is -2.45. The number of carbonyl (C=O) groups excluding carboxylic acids is 3. The molecule has 1 aromatic carbocycles. The fourth-order valence-corrected chi connectivity index (χ4v) is 4.35. The maximum absolute atomic E-state index is 13.6. The van der Waals surface area contributed by atoms with Crippen molar-refractivity contribution in [1.29, 1.82) is 0 Å². The monoisotopic (exact) mass is 477 g/mol. The number of hydrogen-bond donors (Lipinski definition) is 2. The number of rotatable bonds is 11. The SMILES string of the molecule is CNCC(=O)N[C@H](C(=O)N1CCC[C@H]1CN(CCc1ccccc1)C(=O)CN(C)C)C(C)(C)C.[HH].[HH]. The number of benzene rings is 1. The summed E-state index contributed by atoms with van der Waals surface area (Å²) >= 11 is 0. The van der Waals surface area contributed by atoms with Gasteiger partial charge in [0.2, 0.25) is 17.7 Å². The number of likely N-dealkylation sites (tertiary alicyclic amines) is 1. The first kappa shape index (κ1) is 27.8. The minimum absolute atomic E-state index is 0. The van der Waals surface area contributed by atoms with Crippen molar-refractivity contribution in [2.75, 3.05) is 53.9 Å². The molecule has 194 valence electrons. The van der Waals surface area contributed by atoms with E-state index >= 15 is 0 Å². The zero-order valence-electron chi connectivity index (χ0n) is 21.8. The molecule has 1 aliphatic heterocycles. The topological polar surface area (TPSA) is 85.0 Å². The van der Waals surface area contributed by atoms with Gasteiger partial charge in [-0.05, 0) is 51.4 Å². The Balaban J connectivity index is 0.00000612. The smallest absolute Gasteiger partial charge is 0.246 e. The van der Waals surface area contributed by atoms with E-state index in [4.69, 9.17) is 0 Å². The summed E-state index contributed by atoms with van der Waals surface area (Å²) in [5.41, 5.74) is 0.756. The van der Waals surface area contributed by atoms with E-state index in [-0.39, 0.29) is 33.2 Å². The zero-order chi connectivity index (χ0) is 25.3. The van der Waals surface area contributed by atoms with Crippen LogP contribution in [0.25, 0.3) is 0 Å². The third-order valence-electron chi connectivity index (χ3n) is 6.16. The van der Waals surface area contributed by atoms with Crippen LogP contribution in [0.15, 0.2) is 30.3 Å². The molecule has 3 amide bonds. The van der Waals surface area contributed by atoms with Crippen molar-refractivity contribution in [3.8, 4) is 0 Å². The van der Waals surface area contributed by atoms with Crippen LogP contribution >= 0.6 is 0 Å². The molecule has 1 heterocycles. The summed E-state index contributed by atoms with van der Waals surface area (Å²) < 4.78 is 0. The minimum Gasteiger partial charge on any atom is -0.343 e. The Labute approximate surface area is 208 Å². The second kappa shape index (κ2) is 12.9. The molecule has 0 radical (unpaired) electrons. The molecule has 1 aromatic rings. The van der Waals surface area contributed by atoms with Gasteiger partial charge in [0, 0.05) is 28.5 Å². The Morgan fingerprint density at radius 3 is 2.44 bits per heavy atom. The van der Waals surface area contributed by atoms with Gasteiger partial charge in [-0.3, -0.25) is 14.4 Å². The normalized spacial score (nSPS) is 17.0. The third-order valence-corrected chi connectivity index (χ3v) is 6.16. The molecule has 2 N–H and O–H groups in total. The van der Waals surface area contributed by atoms with Gasteiger partial charge in [-0.2, -0.15) is 0 Å². The van der Waals surface area contributed by atoms with Gasteiger partial charge in [-0.25, -0.2) is 0 Å². The molecule has 1 aliphatic rings. The number of hydrogen-bond acceptors (Lipinski definition) is 5. The van der Waals surface area contributed by atoms with Crippen molar-refractivity contribution in [3.05, 3.63) is 35.9 Å². The maximum Gasteiger partial charge on any atom is 0.246 e. The largest absolute Gasteiger partial charge is 0.343 e. The van der Waals surface area contributed by atoms with E-state index < -0.39 is 11.5 Å². The molecule has 0 saturated carbocycles. The molecule has 1 fully saturated rings. The number of nitrogens with zero attached hydrogens (tertiary/aromatic N) is 3. The lowest BCUT2D eigenvalue weighted by Crippen LogP contribution is -2.58. The molecule has 0 bridgehead atoms. The first-order chi connectivity index (χ1) is 16.0. The van der Waals surface area contributed by atoms with Crippen LogP contribution in [0.2, 0.25) is 0 Å². The molecular formula is C26H47N5O3. The van der Waals surface area contributed by atoms with Crippen LogP contribution in [0.4, 0.5) is 0 Å². The first-order valence-corrected chi connectivity index (χ1v) is 12.2.